The van der Waals surface area contributed by atoms with Gasteiger partial charge in [-0.2, -0.15) is 0 Å². The molecule has 0 radical (unpaired) electrons. The summed E-state index contributed by atoms with van der Waals surface area (Å²) in [5.41, 5.74) is 3.19. The molecule has 0 saturated heterocycles. The molecule has 0 fully saturated rings. The minimum Gasteiger partial charge on any atom is -0.409 e. The van der Waals surface area contributed by atoms with Crippen LogP contribution in [0, 0.1) is 18.7 Å². The third-order valence-electron chi connectivity index (χ3n) is 3.22. The second kappa shape index (κ2) is 5.14. The van der Waals surface area contributed by atoms with E-state index < -0.39 is 0 Å². The van der Waals surface area contributed by atoms with E-state index in [1.165, 1.54) is 5.56 Å². The molecular formula is C15H13N3O2S. The van der Waals surface area contributed by atoms with Crippen LogP contribution in [-0.2, 0) is 0 Å². The van der Waals surface area contributed by atoms with Gasteiger partial charge in [0, 0.05) is 23.6 Å². The Morgan fingerprint density at radius 2 is 1.95 bits per heavy atom. The normalized spacial score (nSPS) is 10.8. The maximum absolute atomic E-state index is 12.1. The van der Waals surface area contributed by atoms with Gasteiger partial charge in [-0.1, -0.05) is 17.7 Å². The number of aromatic amines is 1. The molecule has 0 aliphatic rings. The van der Waals surface area contributed by atoms with Gasteiger partial charge in [-0.25, -0.2) is 5.10 Å². The Balaban J connectivity index is 2.20. The summed E-state index contributed by atoms with van der Waals surface area (Å²) < 4.78 is 7.16. The van der Waals surface area contributed by atoms with Crippen LogP contribution in [0.2, 0.25) is 0 Å². The number of nitrogens with one attached hydrogen (secondary N) is 1. The number of rotatable bonds is 2. The number of hydrogen-bond donors (Lipinski definition) is 1. The van der Waals surface area contributed by atoms with Crippen LogP contribution in [0.15, 0.2) is 45.7 Å². The van der Waals surface area contributed by atoms with Gasteiger partial charge in [-0.05, 0) is 38.2 Å². The molecule has 0 spiro atoms. The molecule has 0 saturated carbocycles. The summed E-state index contributed by atoms with van der Waals surface area (Å²) in [5.74, 6) is 0.200. The number of H-pyrrole nitrogens is 1. The maximum atomic E-state index is 12.1. The second-order valence-corrected chi connectivity index (χ2v) is 5.19. The van der Waals surface area contributed by atoms with Crippen LogP contribution in [0.4, 0.5) is 0 Å². The summed E-state index contributed by atoms with van der Waals surface area (Å²) in [6.45, 7) is 3.91. The largest absolute Gasteiger partial charge is 0.409 e. The molecule has 0 bridgehead atoms. The first-order valence-corrected chi connectivity index (χ1v) is 6.81. The lowest BCUT2D eigenvalue weighted by Gasteiger charge is -2.11. The fourth-order valence-electron chi connectivity index (χ4n) is 2.12. The Morgan fingerprint density at radius 3 is 2.57 bits per heavy atom. The molecule has 106 valence electrons. The molecule has 0 amide bonds. The maximum Gasteiger partial charge on any atom is 0.284 e. The lowest BCUT2D eigenvalue weighted by atomic mass is 10.2. The molecule has 0 aliphatic heterocycles. The van der Waals surface area contributed by atoms with Gasteiger partial charge in [0.25, 0.3) is 10.7 Å². The summed E-state index contributed by atoms with van der Waals surface area (Å²) in [5, 5.41) is 6.44. The molecule has 5 nitrogen and oxygen atoms in total. The standard InChI is InChI=1S/C15H13N3O2S/c1-9-3-5-11(6-4-9)18-8-12(13(19)7-10(18)2)14-16-17-15(21)20-14/h3-8H,1-2H3,(H,17,21). The highest BCUT2D eigenvalue weighted by molar-refractivity contribution is 7.71. The molecule has 1 N–H and O–H groups in total. The van der Waals surface area contributed by atoms with Crippen molar-refractivity contribution in [1.29, 1.82) is 0 Å². The zero-order valence-corrected chi connectivity index (χ0v) is 12.4. The van der Waals surface area contributed by atoms with E-state index in [2.05, 4.69) is 10.2 Å². The summed E-state index contributed by atoms with van der Waals surface area (Å²) in [6.07, 6.45) is 1.72. The van der Waals surface area contributed by atoms with Gasteiger partial charge in [0.05, 0.1) is 0 Å². The van der Waals surface area contributed by atoms with Crippen LogP contribution < -0.4 is 5.43 Å². The van der Waals surface area contributed by atoms with E-state index in [9.17, 15) is 4.79 Å². The van der Waals surface area contributed by atoms with E-state index in [4.69, 9.17) is 16.6 Å². The highest BCUT2D eigenvalue weighted by Crippen LogP contribution is 2.17. The SMILES string of the molecule is Cc1ccc(-n2cc(-c3n[nH]c(=S)o3)c(=O)cc2C)cc1. The Hall–Kier alpha value is -2.47. The first-order chi connectivity index (χ1) is 10.0. The average molecular weight is 299 g/mol. The first kappa shape index (κ1) is 13.5. The molecule has 0 aliphatic carbocycles. The van der Waals surface area contributed by atoms with E-state index in [1.807, 2.05) is 42.7 Å². The zero-order valence-electron chi connectivity index (χ0n) is 11.6. The lowest BCUT2D eigenvalue weighted by Crippen LogP contribution is -2.11. The van der Waals surface area contributed by atoms with Gasteiger partial charge >= 0.3 is 0 Å². The summed E-state index contributed by atoms with van der Waals surface area (Å²) in [4.78, 5) is 12.3. The molecule has 21 heavy (non-hydrogen) atoms. The Bertz CT molecular complexity index is 904. The monoisotopic (exact) mass is 299 g/mol. The Labute approximate surface area is 125 Å². The zero-order chi connectivity index (χ0) is 15.0. The molecule has 3 rings (SSSR count). The van der Waals surface area contributed by atoms with Crippen LogP contribution in [-0.4, -0.2) is 14.8 Å². The number of benzene rings is 1. The third-order valence-corrected chi connectivity index (χ3v) is 3.40. The van der Waals surface area contributed by atoms with Crippen LogP contribution in [0.5, 0.6) is 0 Å². The fourth-order valence-corrected chi connectivity index (χ4v) is 2.25. The molecule has 3 aromatic rings. The van der Waals surface area contributed by atoms with E-state index >= 15 is 0 Å². The summed E-state index contributed by atoms with van der Waals surface area (Å²) in [7, 11) is 0. The topological polar surface area (TPSA) is 63.8 Å². The molecule has 2 aromatic heterocycles. The number of hydrogen-bond acceptors (Lipinski definition) is 4. The Kier molecular flexibility index (Phi) is 3.31. The smallest absolute Gasteiger partial charge is 0.284 e. The van der Waals surface area contributed by atoms with Gasteiger partial charge in [0.2, 0.25) is 0 Å². The van der Waals surface area contributed by atoms with E-state index in [0.717, 1.165) is 11.4 Å². The third kappa shape index (κ3) is 2.57. The van der Waals surface area contributed by atoms with Crippen molar-refractivity contribution >= 4 is 12.2 Å². The van der Waals surface area contributed by atoms with Crippen molar-refractivity contribution in [3.05, 3.63) is 62.8 Å². The van der Waals surface area contributed by atoms with Crippen LogP contribution in [0.1, 0.15) is 11.3 Å². The molecule has 6 heteroatoms. The van der Waals surface area contributed by atoms with Crippen LogP contribution >= 0.6 is 12.2 Å². The predicted molar refractivity (Wildman–Crippen MR) is 82.2 cm³/mol. The lowest BCUT2D eigenvalue weighted by molar-refractivity contribution is 0.551. The van der Waals surface area contributed by atoms with Gasteiger partial charge in [-0.15, -0.1) is 5.10 Å². The van der Waals surface area contributed by atoms with E-state index in [-0.39, 0.29) is 16.2 Å². The van der Waals surface area contributed by atoms with Crippen molar-refractivity contribution in [2.45, 2.75) is 13.8 Å². The van der Waals surface area contributed by atoms with Gasteiger partial charge in [0.15, 0.2) is 5.43 Å². The number of nitrogens with zero attached hydrogens (tertiary/aromatic N) is 2. The summed E-state index contributed by atoms with van der Waals surface area (Å²) >= 11 is 4.85. The van der Waals surface area contributed by atoms with Gasteiger partial charge < -0.3 is 8.98 Å². The van der Waals surface area contributed by atoms with Gasteiger partial charge in [0.1, 0.15) is 5.56 Å². The van der Waals surface area contributed by atoms with Gasteiger partial charge in [-0.3, -0.25) is 4.79 Å². The first-order valence-electron chi connectivity index (χ1n) is 6.41. The molecule has 1 aromatic carbocycles. The molecule has 0 unspecified atom stereocenters. The van der Waals surface area contributed by atoms with Crippen LogP contribution in [0.25, 0.3) is 17.1 Å². The van der Waals surface area contributed by atoms with E-state index in [0.29, 0.717) is 5.56 Å². The highest BCUT2D eigenvalue weighted by atomic mass is 32.1. The predicted octanol–water partition coefficient (Wildman–Crippen LogP) is 3.17. The highest BCUT2D eigenvalue weighted by Gasteiger charge is 2.12. The van der Waals surface area contributed by atoms with Crippen molar-refractivity contribution in [2.24, 2.45) is 0 Å². The van der Waals surface area contributed by atoms with E-state index in [1.54, 1.807) is 12.3 Å². The molecule has 0 atom stereocenters. The molecule has 2 heterocycles. The van der Waals surface area contributed by atoms with Crippen LogP contribution in [0.3, 0.4) is 0 Å². The fraction of sp³-hybridized carbons (Fsp3) is 0.133. The number of aromatic nitrogens is 3. The van der Waals surface area contributed by atoms with Crippen molar-refractivity contribution in [3.8, 4) is 17.1 Å². The second-order valence-electron chi connectivity index (χ2n) is 4.82. The Morgan fingerprint density at radius 1 is 1.24 bits per heavy atom. The van der Waals surface area contributed by atoms with Crippen molar-refractivity contribution in [2.75, 3.05) is 0 Å². The average Bonchev–Trinajstić information content (AvgIpc) is 2.87. The summed E-state index contributed by atoms with van der Waals surface area (Å²) in [6, 6.07) is 9.59. The molecular weight excluding hydrogens is 286 g/mol. The van der Waals surface area contributed by atoms with Crippen molar-refractivity contribution in [3.63, 3.8) is 0 Å². The van der Waals surface area contributed by atoms with Crippen molar-refractivity contribution < 1.29 is 4.42 Å². The minimum atomic E-state index is -0.152. The van der Waals surface area contributed by atoms with Crippen molar-refractivity contribution in [1.82, 2.24) is 14.8 Å². The minimum absolute atomic E-state index is 0.145. The quantitative estimate of drug-likeness (QED) is 0.738. The number of pyridine rings is 1. The number of aryl methyl sites for hydroxylation is 2.